The number of hydrogen-bond acceptors (Lipinski definition) is 3. The van der Waals surface area contributed by atoms with Gasteiger partial charge in [0.15, 0.2) is 0 Å². The average Bonchev–Trinajstić information content (AvgIpc) is 2.54. The molecule has 0 aliphatic heterocycles. The summed E-state index contributed by atoms with van der Waals surface area (Å²) in [4.78, 5) is 4.80. The fourth-order valence-electron chi connectivity index (χ4n) is 2.55. The molecule has 0 aliphatic rings. The first-order chi connectivity index (χ1) is 11.1. The van der Waals surface area contributed by atoms with E-state index in [1.165, 1.54) is 22.1 Å². The van der Waals surface area contributed by atoms with Gasteiger partial charge in [-0.2, -0.15) is 0 Å². The van der Waals surface area contributed by atoms with E-state index >= 15 is 0 Å². The molecule has 0 spiro atoms. The Hall–Kier alpha value is -2.00. The van der Waals surface area contributed by atoms with Crippen LogP contribution in [0.2, 0.25) is 0 Å². The van der Waals surface area contributed by atoms with Crippen LogP contribution < -0.4 is 4.74 Å². The molecule has 0 fully saturated rings. The Morgan fingerprint density at radius 1 is 0.957 bits per heavy atom. The molecule has 1 heterocycles. The number of fused-ring (bicyclic) bond motifs is 1. The Balaban J connectivity index is 1.63. The molecule has 118 valence electrons. The molecule has 3 aromatic rings. The highest BCUT2D eigenvalue weighted by Gasteiger charge is 2.05. The smallest absolute Gasteiger partial charge is 0.119 e. The minimum Gasteiger partial charge on any atom is -0.493 e. The van der Waals surface area contributed by atoms with Gasteiger partial charge >= 0.3 is 0 Å². The van der Waals surface area contributed by atoms with Crippen molar-refractivity contribution in [1.82, 2.24) is 4.98 Å². The number of ether oxygens (including phenoxy) is 1. The molecule has 0 unspecified atom stereocenters. The standard InChI is InChI=1S/C20H21NOS/c1-14-7-9-17(10-8-14)22-11-12-23-19-13-16(3)18-6-4-5-15(2)20(18)21-19/h4-10,13H,11-12H2,1-3H3. The Morgan fingerprint density at radius 3 is 2.52 bits per heavy atom. The highest BCUT2D eigenvalue weighted by molar-refractivity contribution is 7.99. The SMILES string of the molecule is Cc1ccc(OCCSc2cc(C)c3cccc(C)c3n2)cc1. The first-order valence-corrected chi connectivity index (χ1v) is 8.81. The lowest BCUT2D eigenvalue weighted by atomic mass is 10.1. The molecule has 0 aliphatic carbocycles. The van der Waals surface area contributed by atoms with Gasteiger partial charge in [-0.15, -0.1) is 11.8 Å². The highest BCUT2D eigenvalue weighted by atomic mass is 32.2. The topological polar surface area (TPSA) is 22.1 Å². The summed E-state index contributed by atoms with van der Waals surface area (Å²) in [6, 6.07) is 16.7. The van der Waals surface area contributed by atoms with E-state index in [2.05, 4.69) is 57.2 Å². The van der Waals surface area contributed by atoms with Gasteiger partial charge in [0.2, 0.25) is 0 Å². The fourth-order valence-corrected chi connectivity index (χ4v) is 3.34. The largest absolute Gasteiger partial charge is 0.493 e. The second-order valence-electron chi connectivity index (χ2n) is 5.76. The summed E-state index contributed by atoms with van der Waals surface area (Å²) in [5.41, 5.74) is 4.86. The van der Waals surface area contributed by atoms with Crippen LogP contribution in [0.3, 0.4) is 0 Å². The number of pyridine rings is 1. The van der Waals surface area contributed by atoms with Gasteiger partial charge in [-0.1, -0.05) is 35.9 Å². The molecular weight excluding hydrogens is 302 g/mol. The normalized spacial score (nSPS) is 10.9. The van der Waals surface area contributed by atoms with Crippen LogP contribution in [0.5, 0.6) is 5.75 Å². The predicted octanol–water partition coefficient (Wildman–Crippen LogP) is 5.33. The molecular formula is C20H21NOS. The van der Waals surface area contributed by atoms with E-state index in [4.69, 9.17) is 9.72 Å². The Kier molecular flexibility index (Phi) is 4.87. The minimum absolute atomic E-state index is 0.681. The van der Waals surface area contributed by atoms with Gasteiger partial charge in [0.25, 0.3) is 0 Å². The van der Waals surface area contributed by atoms with Crippen LogP contribution in [0.15, 0.2) is 53.6 Å². The summed E-state index contributed by atoms with van der Waals surface area (Å²) >= 11 is 1.74. The first-order valence-electron chi connectivity index (χ1n) is 7.83. The molecule has 0 saturated carbocycles. The third kappa shape index (κ3) is 3.85. The Labute approximate surface area is 141 Å². The number of thioether (sulfide) groups is 1. The quantitative estimate of drug-likeness (QED) is 0.468. The number of benzene rings is 2. The van der Waals surface area contributed by atoms with E-state index in [1.807, 2.05) is 12.1 Å². The van der Waals surface area contributed by atoms with Crippen LogP contribution in [0, 0.1) is 20.8 Å². The maximum atomic E-state index is 5.78. The van der Waals surface area contributed by atoms with Crippen molar-refractivity contribution in [3.63, 3.8) is 0 Å². The lowest BCUT2D eigenvalue weighted by Crippen LogP contribution is -2.00. The number of para-hydroxylation sites is 1. The number of nitrogens with zero attached hydrogens (tertiary/aromatic N) is 1. The zero-order valence-corrected chi connectivity index (χ0v) is 14.6. The maximum absolute atomic E-state index is 5.78. The first kappa shape index (κ1) is 15.9. The number of rotatable bonds is 5. The van der Waals surface area contributed by atoms with E-state index < -0.39 is 0 Å². The van der Waals surface area contributed by atoms with Crippen molar-refractivity contribution >= 4 is 22.7 Å². The van der Waals surface area contributed by atoms with Crippen LogP contribution >= 0.6 is 11.8 Å². The van der Waals surface area contributed by atoms with Crippen molar-refractivity contribution in [2.75, 3.05) is 12.4 Å². The average molecular weight is 323 g/mol. The van der Waals surface area contributed by atoms with Gasteiger partial charge in [-0.3, -0.25) is 0 Å². The molecule has 0 N–H and O–H groups in total. The summed E-state index contributed by atoms with van der Waals surface area (Å²) in [5.74, 6) is 1.81. The molecule has 0 bridgehead atoms. The highest BCUT2D eigenvalue weighted by Crippen LogP contribution is 2.25. The van der Waals surface area contributed by atoms with Crippen molar-refractivity contribution in [2.45, 2.75) is 25.8 Å². The molecule has 0 amide bonds. The minimum atomic E-state index is 0.681. The number of aromatic nitrogens is 1. The second-order valence-corrected chi connectivity index (χ2v) is 6.87. The lowest BCUT2D eigenvalue weighted by molar-refractivity contribution is 0.344. The van der Waals surface area contributed by atoms with Gasteiger partial charge in [-0.25, -0.2) is 4.98 Å². The Bertz CT molecular complexity index is 812. The maximum Gasteiger partial charge on any atom is 0.119 e. The van der Waals surface area contributed by atoms with Crippen LogP contribution in [0.4, 0.5) is 0 Å². The third-order valence-corrected chi connectivity index (χ3v) is 4.72. The zero-order valence-electron chi connectivity index (χ0n) is 13.8. The van der Waals surface area contributed by atoms with Gasteiger partial charge in [0.05, 0.1) is 17.1 Å². The van der Waals surface area contributed by atoms with Crippen LogP contribution in [0.1, 0.15) is 16.7 Å². The summed E-state index contributed by atoms with van der Waals surface area (Å²) in [6.45, 7) is 7.02. The van der Waals surface area contributed by atoms with Gasteiger partial charge < -0.3 is 4.74 Å². The van der Waals surface area contributed by atoms with Crippen LogP contribution in [-0.4, -0.2) is 17.3 Å². The molecule has 2 nitrogen and oxygen atoms in total. The van der Waals surface area contributed by atoms with Gasteiger partial charge in [0.1, 0.15) is 5.75 Å². The lowest BCUT2D eigenvalue weighted by Gasteiger charge is -2.09. The molecule has 2 aromatic carbocycles. The summed E-state index contributed by atoms with van der Waals surface area (Å²) in [7, 11) is 0. The van der Waals surface area contributed by atoms with Gasteiger partial charge in [-0.05, 0) is 50.1 Å². The van der Waals surface area contributed by atoms with E-state index in [0.717, 1.165) is 22.0 Å². The summed E-state index contributed by atoms with van der Waals surface area (Å²) in [5, 5.41) is 2.31. The number of aryl methyl sites for hydroxylation is 3. The van der Waals surface area contributed by atoms with Crippen molar-refractivity contribution in [3.8, 4) is 5.75 Å². The van der Waals surface area contributed by atoms with Crippen molar-refractivity contribution in [3.05, 3.63) is 65.2 Å². The number of hydrogen-bond donors (Lipinski definition) is 0. The van der Waals surface area contributed by atoms with Crippen LogP contribution in [0.25, 0.3) is 10.9 Å². The summed E-state index contributed by atoms with van der Waals surface area (Å²) < 4.78 is 5.78. The summed E-state index contributed by atoms with van der Waals surface area (Å²) in [6.07, 6.45) is 0. The molecule has 0 saturated heterocycles. The van der Waals surface area contributed by atoms with E-state index in [-0.39, 0.29) is 0 Å². The third-order valence-electron chi connectivity index (χ3n) is 3.85. The zero-order chi connectivity index (χ0) is 16.2. The van der Waals surface area contributed by atoms with E-state index in [1.54, 1.807) is 11.8 Å². The monoisotopic (exact) mass is 323 g/mol. The van der Waals surface area contributed by atoms with Crippen molar-refractivity contribution < 1.29 is 4.74 Å². The molecule has 0 radical (unpaired) electrons. The Morgan fingerprint density at radius 2 is 1.74 bits per heavy atom. The van der Waals surface area contributed by atoms with E-state index in [0.29, 0.717) is 6.61 Å². The molecule has 3 heteroatoms. The van der Waals surface area contributed by atoms with Crippen molar-refractivity contribution in [1.29, 1.82) is 0 Å². The molecule has 0 atom stereocenters. The van der Waals surface area contributed by atoms with Crippen LogP contribution in [-0.2, 0) is 0 Å². The molecule has 3 rings (SSSR count). The fraction of sp³-hybridized carbons (Fsp3) is 0.250. The predicted molar refractivity (Wildman–Crippen MR) is 98.6 cm³/mol. The van der Waals surface area contributed by atoms with Gasteiger partial charge in [0, 0.05) is 11.1 Å². The van der Waals surface area contributed by atoms with Crippen molar-refractivity contribution in [2.24, 2.45) is 0 Å². The second kappa shape index (κ2) is 7.05. The van der Waals surface area contributed by atoms with E-state index in [9.17, 15) is 0 Å². The molecule has 1 aromatic heterocycles. The molecule has 23 heavy (non-hydrogen) atoms.